The first kappa shape index (κ1) is 15.8. The van der Waals surface area contributed by atoms with Crippen molar-refractivity contribution in [3.8, 4) is 0 Å². The van der Waals surface area contributed by atoms with E-state index in [0.717, 1.165) is 0 Å². The Morgan fingerprint density at radius 1 is 1.41 bits per heavy atom. The number of nitrogens with one attached hydrogen (secondary N) is 1. The lowest BCUT2D eigenvalue weighted by Gasteiger charge is -2.12. The quantitative estimate of drug-likeness (QED) is 0.482. The molecule has 0 aliphatic heterocycles. The largest absolute Gasteiger partial charge is 0.480 e. The normalized spacial score (nSPS) is 11.6. The topological polar surface area (TPSA) is 92.7 Å². The van der Waals surface area contributed by atoms with Crippen molar-refractivity contribution in [3.05, 3.63) is 0 Å². The van der Waals surface area contributed by atoms with Crippen molar-refractivity contribution in [2.45, 2.75) is 26.3 Å². The van der Waals surface area contributed by atoms with Gasteiger partial charge in [0.15, 0.2) is 0 Å². The molecule has 98 valence electrons. The summed E-state index contributed by atoms with van der Waals surface area (Å²) in [5.74, 6) is -1.11. The van der Waals surface area contributed by atoms with Gasteiger partial charge in [-0.25, -0.2) is 4.79 Å². The van der Waals surface area contributed by atoms with Crippen molar-refractivity contribution >= 4 is 29.6 Å². The zero-order chi connectivity index (χ0) is 13.3. The number of hydrogen-bond acceptors (Lipinski definition) is 5. The van der Waals surface area contributed by atoms with Crippen LogP contribution in [0.1, 0.15) is 20.3 Å². The van der Waals surface area contributed by atoms with Crippen LogP contribution in [0.4, 0.5) is 0 Å². The van der Waals surface area contributed by atoms with Gasteiger partial charge < -0.3 is 15.2 Å². The number of thioether (sulfide) groups is 1. The van der Waals surface area contributed by atoms with Gasteiger partial charge in [0.05, 0.1) is 12.4 Å². The molecule has 7 heteroatoms. The smallest absolute Gasteiger partial charge is 0.326 e. The predicted molar refractivity (Wildman–Crippen MR) is 63.8 cm³/mol. The first-order chi connectivity index (χ1) is 7.97. The maximum atomic E-state index is 11.0. The number of carbonyl (C=O) groups is 3. The summed E-state index contributed by atoms with van der Waals surface area (Å²) < 4.78 is 4.72. The molecule has 2 N–H and O–H groups in total. The molecule has 0 heterocycles. The van der Waals surface area contributed by atoms with E-state index in [1.165, 1.54) is 18.7 Å². The summed E-state index contributed by atoms with van der Waals surface area (Å²) in [5, 5.41) is 11.1. The average Bonchev–Trinajstić information content (AvgIpc) is 2.22. The van der Waals surface area contributed by atoms with Crippen LogP contribution in [0.25, 0.3) is 0 Å². The van der Waals surface area contributed by atoms with Crippen LogP contribution in [-0.4, -0.2) is 47.1 Å². The van der Waals surface area contributed by atoms with Crippen LogP contribution < -0.4 is 5.32 Å². The number of aliphatic carboxylic acids is 1. The summed E-state index contributed by atoms with van der Waals surface area (Å²) >= 11 is 1.28. The van der Waals surface area contributed by atoms with Crippen LogP contribution in [0.2, 0.25) is 0 Å². The third-order valence-corrected chi connectivity index (χ3v) is 2.72. The number of ether oxygens (including phenoxy) is 1. The van der Waals surface area contributed by atoms with Crippen LogP contribution in [-0.2, 0) is 19.1 Å². The van der Waals surface area contributed by atoms with Gasteiger partial charge in [-0.05, 0) is 19.1 Å². The Bertz CT molecular complexity index is 282. The Morgan fingerprint density at radius 2 is 2.06 bits per heavy atom. The molecule has 0 aromatic rings. The Balaban J connectivity index is 3.79. The van der Waals surface area contributed by atoms with E-state index in [4.69, 9.17) is 9.84 Å². The molecule has 0 spiro atoms. The SMILES string of the molecule is CCOC(=O)CSCCC(NC(C)=O)C(=O)O. The van der Waals surface area contributed by atoms with Crippen molar-refractivity contribution < 1.29 is 24.2 Å². The molecular weight excluding hydrogens is 246 g/mol. The Morgan fingerprint density at radius 3 is 2.53 bits per heavy atom. The highest BCUT2D eigenvalue weighted by Crippen LogP contribution is 2.06. The molecule has 0 radical (unpaired) electrons. The standard InChI is InChI=1S/C10H17NO5S/c1-3-16-9(13)6-17-5-4-8(10(14)15)11-7(2)12/h8H,3-6H2,1-2H3,(H,11,12)(H,14,15). The molecule has 1 amide bonds. The lowest BCUT2D eigenvalue weighted by molar-refractivity contribution is -0.141. The number of carbonyl (C=O) groups excluding carboxylic acids is 2. The molecule has 1 atom stereocenters. The van der Waals surface area contributed by atoms with E-state index in [9.17, 15) is 14.4 Å². The highest BCUT2D eigenvalue weighted by atomic mass is 32.2. The number of carboxylic acids is 1. The number of esters is 1. The minimum atomic E-state index is -1.07. The second-order valence-corrected chi connectivity index (χ2v) is 4.34. The molecular formula is C10H17NO5S. The van der Waals surface area contributed by atoms with E-state index in [1.807, 2.05) is 0 Å². The fourth-order valence-electron chi connectivity index (χ4n) is 1.06. The monoisotopic (exact) mass is 263 g/mol. The Kier molecular flexibility index (Phi) is 8.21. The second kappa shape index (κ2) is 8.86. The van der Waals surface area contributed by atoms with Gasteiger partial charge in [-0.15, -0.1) is 0 Å². The number of hydrogen-bond donors (Lipinski definition) is 2. The molecule has 0 aliphatic rings. The van der Waals surface area contributed by atoms with E-state index in [2.05, 4.69) is 5.32 Å². The maximum Gasteiger partial charge on any atom is 0.326 e. The second-order valence-electron chi connectivity index (χ2n) is 3.24. The van der Waals surface area contributed by atoms with Gasteiger partial charge in [-0.1, -0.05) is 0 Å². The summed E-state index contributed by atoms with van der Waals surface area (Å²) in [6.45, 7) is 3.32. The fraction of sp³-hybridized carbons (Fsp3) is 0.700. The van der Waals surface area contributed by atoms with Crippen molar-refractivity contribution in [1.82, 2.24) is 5.32 Å². The predicted octanol–water partition coefficient (Wildman–Crippen LogP) is 0.262. The summed E-state index contributed by atoms with van der Waals surface area (Å²) in [6.07, 6.45) is 0.277. The minimum absolute atomic E-state index is 0.195. The van der Waals surface area contributed by atoms with Gasteiger partial charge in [-0.3, -0.25) is 9.59 Å². The van der Waals surface area contributed by atoms with Crippen molar-refractivity contribution in [2.75, 3.05) is 18.1 Å². The van der Waals surface area contributed by atoms with Crippen molar-refractivity contribution in [2.24, 2.45) is 0 Å². The van der Waals surface area contributed by atoms with Crippen LogP contribution in [0.5, 0.6) is 0 Å². The molecule has 0 saturated carbocycles. The number of carboxylic acid groups (broad SMARTS) is 1. The van der Waals surface area contributed by atoms with Gasteiger partial charge in [-0.2, -0.15) is 11.8 Å². The van der Waals surface area contributed by atoms with Gasteiger partial charge in [0, 0.05) is 6.92 Å². The highest BCUT2D eigenvalue weighted by molar-refractivity contribution is 7.99. The highest BCUT2D eigenvalue weighted by Gasteiger charge is 2.17. The maximum absolute atomic E-state index is 11.0. The summed E-state index contributed by atoms with van der Waals surface area (Å²) in [4.78, 5) is 32.4. The zero-order valence-corrected chi connectivity index (χ0v) is 10.7. The fourth-order valence-corrected chi connectivity index (χ4v) is 1.86. The van der Waals surface area contributed by atoms with Gasteiger partial charge in [0.25, 0.3) is 0 Å². The van der Waals surface area contributed by atoms with E-state index < -0.39 is 12.0 Å². The lowest BCUT2D eigenvalue weighted by Crippen LogP contribution is -2.39. The first-order valence-electron chi connectivity index (χ1n) is 5.20. The third-order valence-electron chi connectivity index (χ3n) is 1.75. The van der Waals surface area contributed by atoms with E-state index >= 15 is 0 Å². The van der Waals surface area contributed by atoms with E-state index in [1.54, 1.807) is 6.92 Å². The van der Waals surface area contributed by atoms with Gasteiger partial charge in [0.2, 0.25) is 5.91 Å². The molecule has 0 bridgehead atoms. The van der Waals surface area contributed by atoms with Crippen molar-refractivity contribution in [3.63, 3.8) is 0 Å². The summed E-state index contributed by atoms with van der Waals surface area (Å²) in [5.41, 5.74) is 0. The molecule has 0 fully saturated rings. The van der Waals surface area contributed by atoms with E-state index in [0.29, 0.717) is 12.4 Å². The molecule has 0 aromatic heterocycles. The van der Waals surface area contributed by atoms with Crippen LogP contribution in [0.3, 0.4) is 0 Å². The number of amides is 1. The van der Waals surface area contributed by atoms with Crippen LogP contribution in [0, 0.1) is 0 Å². The molecule has 0 rings (SSSR count). The summed E-state index contributed by atoms with van der Waals surface area (Å²) in [7, 11) is 0. The van der Waals surface area contributed by atoms with Gasteiger partial charge in [0.1, 0.15) is 6.04 Å². The van der Waals surface area contributed by atoms with Crippen molar-refractivity contribution in [1.29, 1.82) is 0 Å². The van der Waals surface area contributed by atoms with Gasteiger partial charge >= 0.3 is 11.9 Å². The lowest BCUT2D eigenvalue weighted by atomic mass is 10.2. The van der Waals surface area contributed by atoms with Crippen LogP contribution >= 0.6 is 11.8 Å². The minimum Gasteiger partial charge on any atom is -0.480 e. The molecule has 1 unspecified atom stereocenters. The molecule has 0 saturated heterocycles. The third kappa shape index (κ3) is 8.56. The average molecular weight is 263 g/mol. The Labute approximate surface area is 104 Å². The van der Waals surface area contributed by atoms with E-state index in [-0.39, 0.29) is 24.1 Å². The number of rotatable bonds is 8. The van der Waals surface area contributed by atoms with Crippen LogP contribution in [0.15, 0.2) is 0 Å². The summed E-state index contributed by atoms with van der Waals surface area (Å²) in [6, 6.07) is -0.901. The zero-order valence-electron chi connectivity index (χ0n) is 9.89. The molecule has 17 heavy (non-hydrogen) atoms. The molecule has 0 aromatic carbocycles. The first-order valence-corrected chi connectivity index (χ1v) is 6.36. The molecule has 0 aliphatic carbocycles. The molecule has 6 nitrogen and oxygen atoms in total. The Hall–Kier alpha value is -1.24.